The number of thioether (sulfide) groups is 1. The third kappa shape index (κ3) is 6.40. The van der Waals surface area contributed by atoms with Crippen molar-refractivity contribution in [3.05, 3.63) is 69.6 Å². The van der Waals surface area contributed by atoms with Crippen molar-refractivity contribution in [1.82, 2.24) is 10.2 Å². The van der Waals surface area contributed by atoms with Crippen molar-refractivity contribution in [3.63, 3.8) is 0 Å². The Kier molecular flexibility index (Phi) is 8.57. The van der Waals surface area contributed by atoms with Crippen LogP contribution in [0.5, 0.6) is 11.5 Å². The van der Waals surface area contributed by atoms with Gasteiger partial charge < -0.3 is 14.8 Å². The second-order valence-electron chi connectivity index (χ2n) is 6.84. The van der Waals surface area contributed by atoms with Gasteiger partial charge in [0.1, 0.15) is 0 Å². The number of hydrogen-bond donors (Lipinski definition) is 1. The first-order valence-corrected chi connectivity index (χ1v) is 11.4. The molecule has 9 heteroatoms. The molecule has 0 aromatic heterocycles. The van der Waals surface area contributed by atoms with E-state index in [1.165, 1.54) is 13.2 Å². The Morgan fingerprint density at radius 2 is 1.94 bits per heavy atom. The summed E-state index contributed by atoms with van der Waals surface area (Å²) in [5, 5.41) is 2.68. The van der Waals surface area contributed by atoms with Gasteiger partial charge in [-0.15, -0.1) is 0 Å². The van der Waals surface area contributed by atoms with Gasteiger partial charge in [-0.1, -0.05) is 41.9 Å². The first-order valence-electron chi connectivity index (χ1n) is 10.2. The van der Waals surface area contributed by atoms with Gasteiger partial charge >= 0.3 is 0 Å². The van der Waals surface area contributed by atoms with Crippen LogP contribution < -0.4 is 14.8 Å². The maximum absolute atomic E-state index is 12.5. The van der Waals surface area contributed by atoms with Gasteiger partial charge in [0, 0.05) is 19.2 Å². The van der Waals surface area contributed by atoms with Gasteiger partial charge in [0.2, 0.25) is 5.91 Å². The summed E-state index contributed by atoms with van der Waals surface area (Å²) in [6, 6.07) is 12.7. The molecule has 0 unspecified atom stereocenters. The van der Waals surface area contributed by atoms with Crippen LogP contribution in [0.3, 0.4) is 0 Å². The Morgan fingerprint density at radius 1 is 1.18 bits per heavy atom. The molecule has 1 aliphatic rings. The molecule has 0 bridgehead atoms. The number of nitrogens with zero attached hydrogens (tertiary/aromatic N) is 1. The molecule has 0 radical (unpaired) electrons. The third-order valence-electron chi connectivity index (χ3n) is 4.57. The summed E-state index contributed by atoms with van der Waals surface area (Å²) in [7, 11) is 1.50. The summed E-state index contributed by atoms with van der Waals surface area (Å²) in [5.74, 6) is 0.177. The summed E-state index contributed by atoms with van der Waals surface area (Å²) in [4.78, 5) is 38.4. The van der Waals surface area contributed by atoms with Gasteiger partial charge in [-0.3, -0.25) is 19.3 Å². The number of hydrogen-bond acceptors (Lipinski definition) is 6. The van der Waals surface area contributed by atoms with Gasteiger partial charge in [0.05, 0.1) is 23.6 Å². The highest BCUT2D eigenvalue weighted by Crippen LogP contribution is 2.36. The lowest BCUT2D eigenvalue weighted by molar-refractivity contribution is -0.123. The molecule has 172 valence electrons. The lowest BCUT2D eigenvalue weighted by Crippen LogP contribution is -2.36. The molecule has 3 amide bonds. The second-order valence-corrected chi connectivity index (χ2v) is 8.24. The Bertz CT molecular complexity index is 1100. The molecule has 3 rings (SSSR count). The average molecular weight is 487 g/mol. The smallest absolute Gasteiger partial charge is 0.293 e. The molecule has 0 atom stereocenters. The molecule has 1 saturated heterocycles. The van der Waals surface area contributed by atoms with Crippen LogP contribution in [0.1, 0.15) is 18.1 Å². The predicted molar refractivity (Wildman–Crippen MR) is 130 cm³/mol. The van der Waals surface area contributed by atoms with Gasteiger partial charge in [-0.05, 0) is 54.1 Å². The summed E-state index contributed by atoms with van der Waals surface area (Å²) in [5.41, 5.74) is 1.50. The molecule has 33 heavy (non-hydrogen) atoms. The van der Waals surface area contributed by atoms with Crippen molar-refractivity contribution in [2.75, 3.05) is 26.8 Å². The van der Waals surface area contributed by atoms with Crippen LogP contribution in [0.25, 0.3) is 12.2 Å². The van der Waals surface area contributed by atoms with E-state index in [-0.39, 0.29) is 30.1 Å². The van der Waals surface area contributed by atoms with Crippen molar-refractivity contribution in [2.24, 2.45) is 0 Å². The van der Waals surface area contributed by atoms with Crippen molar-refractivity contribution in [3.8, 4) is 11.5 Å². The van der Waals surface area contributed by atoms with Crippen molar-refractivity contribution in [1.29, 1.82) is 0 Å². The fraction of sp³-hybridized carbons (Fsp3) is 0.208. The standard InChI is InChI=1S/C24H23ClN2O5S/c1-3-32-19-14-17(13-18(25)22(19)31-2)9-10-21(28)26-11-12-27-23(29)20(33-24(27)30)15-16-7-5-4-6-8-16/h4-10,13-15H,3,11-12H2,1-2H3,(H,26,28)/b10-9+,20-15+. The molecule has 0 aliphatic carbocycles. The van der Waals surface area contributed by atoms with Crippen LogP contribution in [-0.4, -0.2) is 48.8 Å². The van der Waals surface area contributed by atoms with E-state index in [9.17, 15) is 14.4 Å². The quantitative estimate of drug-likeness (QED) is 0.521. The first kappa shape index (κ1) is 24.4. The molecule has 0 spiro atoms. The molecule has 1 heterocycles. The van der Waals surface area contributed by atoms with E-state index >= 15 is 0 Å². The SMILES string of the molecule is CCOc1cc(/C=C/C(=O)NCCN2C(=O)S/C(=C/c3ccccc3)C2=O)cc(Cl)c1OC. The molecule has 1 N–H and O–H groups in total. The maximum atomic E-state index is 12.5. The summed E-state index contributed by atoms with van der Waals surface area (Å²) < 4.78 is 10.8. The Labute approximate surface area is 201 Å². The van der Waals surface area contributed by atoms with Crippen LogP contribution in [-0.2, 0) is 9.59 Å². The van der Waals surface area contributed by atoms with Crippen LogP contribution >= 0.6 is 23.4 Å². The zero-order valence-corrected chi connectivity index (χ0v) is 19.7. The number of imide groups is 1. The number of methoxy groups -OCH3 is 1. The highest BCUT2D eigenvalue weighted by Gasteiger charge is 2.34. The maximum Gasteiger partial charge on any atom is 0.293 e. The number of halogens is 1. The number of amides is 3. The highest BCUT2D eigenvalue weighted by molar-refractivity contribution is 8.18. The van der Waals surface area contributed by atoms with E-state index in [1.807, 2.05) is 37.3 Å². The molecule has 0 saturated carbocycles. The Hall–Kier alpha value is -3.23. The Balaban J connectivity index is 1.55. The zero-order chi connectivity index (χ0) is 23.8. The van der Waals surface area contributed by atoms with E-state index in [0.29, 0.717) is 33.6 Å². The van der Waals surface area contributed by atoms with E-state index in [1.54, 1.807) is 24.3 Å². The molecule has 2 aromatic rings. The van der Waals surface area contributed by atoms with E-state index in [4.69, 9.17) is 21.1 Å². The molecule has 2 aromatic carbocycles. The largest absolute Gasteiger partial charge is 0.491 e. The van der Waals surface area contributed by atoms with Crippen LogP contribution in [0.2, 0.25) is 5.02 Å². The summed E-state index contributed by atoms with van der Waals surface area (Å²) >= 11 is 7.11. The van der Waals surface area contributed by atoms with Gasteiger partial charge in [0.25, 0.3) is 11.1 Å². The molecular formula is C24H23ClN2O5S. The topological polar surface area (TPSA) is 84.9 Å². The van der Waals surface area contributed by atoms with Gasteiger partial charge in [0.15, 0.2) is 11.5 Å². The number of carbonyl (C=O) groups excluding carboxylic acids is 3. The minimum atomic E-state index is -0.369. The van der Waals surface area contributed by atoms with E-state index in [0.717, 1.165) is 22.2 Å². The fourth-order valence-corrected chi connectivity index (χ4v) is 4.22. The molecular weight excluding hydrogens is 464 g/mol. The third-order valence-corrected chi connectivity index (χ3v) is 5.76. The van der Waals surface area contributed by atoms with Crippen molar-refractivity contribution < 1.29 is 23.9 Å². The van der Waals surface area contributed by atoms with Crippen molar-refractivity contribution >= 4 is 52.6 Å². The van der Waals surface area contributed by atoms with E-state index < -0.39 is 0 Å². The number of nitrogens with one attached hydrogen (secondary N) is 1. The highest BCUT2D eigenvalue weighted by atomic mass is 35.5. The lowest BCUT2D eigenvalue weighted by atomic mass is 10.2. The van der Waals surface area contributed by atoms with Gasteiger partial charge in [-0.2, -0.15) is 0 Å². The number of ether oxygens (including phenoxy) is 2. The number of carbonyl (C=O) groups is 3. The normalized spacial score (nSPS) is 14.9. The van der Waals surface area contributed by atoms with Crippen LogP contribution in [0.4, 0.5) is 4.79 Å². The average Bonchev–Trinajstić information content (AvgIpc) is 3.06. The summed E-state index contributed by atoms with van der Waals surface area (Å²) in [6.07, 6.45) is 4.62. The monoisotopic (exact) mass is 486 g/mol. The van der Waals surface area contributed by atoms with E-state index in [2.05, 4.69) is 5.32 Å². The minimum absolute atomic E-state index is 0.0826. The van der Waals surface area contributed by atoms with Gasteiger partial charge in [-0.25, -0.2) is 0 Å². The summed E-state index contributed by atoms with van der Waals surface area (Å²) in [6.45, 7) is 2.50. The predicted octanol–water partition coefficient (Wildman–Crippen LogP) is 4.61. The molecule has 7 nitrogen and oxygen atoms in total. The molecule has 1 fully saturated rings. The number of rotatable bonds is 9. The zero-order valence-electron chi connectivity index (χ0n) is 18.2. The van der Waals surface area contributed by atoms with Crippen molar-refractivity contribution in [2.45, 2.75) is 6.92 Å². The van der Waals surface area contributed by atoms with Crippen LogP contribution in [0, 0.1) is 0 Å². The number of benzene rings is 2. The Morgan fingerprint density at radius 3 is 2.64 bits per heavy atom. The van der Waals surface area contributed by atoms with Crippen LogP contribution in [0.15, 0.2) is 53.4 Å². The lowest BCUT2D eigenvalue weighted by Gasteiger charge is -2.12. The molecule has 1 aliphatic heterocycles. The second kappa shape index (κ2) is 11.6. The fourth-order valence-electron chi connectivity index (χ4n) is 3.06. The first-order chi connectivity index (χ1) is 15.9. The minimum Gasteiger partial charge on any atom is -0.491 e.